The maximum absolute atomic E-state index is 5.84. The van der Waals surface area contributed by atoms with Gasteiger partial charge in [0, 0.05) is 12.0 Å². The van der Waals surface area contributed by atoms with Gasteiger partial charge in [-0.15, -0.1) is 0 Å². The van der Waals surface area contributed by atoms with Crippen molar-refractivity contribution in [2.45, 2.75) is 31.7 Å². The lowest BCUT2D eigenvalue weighted by Gasteiger charge is -2.33. The van der Waals surface area contributed by atoms with Crippen LogP contribution in [0.4, 0.5) is 0 Å². The van der Waals surface area contributed by atoms with Crippen molar-refractivity contribution in [2.24, 2.45) is 5.73 Å². The smallest absolute Gasteiger partial charge is 0.0940 e. The molecule has 2 N–H and O–H groups in total. The molecular formula is C9H13NO. The van der Waals surface area contributed by atoms with Crippen molar-refractivity contribution in [3.63, 3.8) is 0 Å². The van der Waals surface area contributed by atoms with Crippen LogP contribution in [0.1, 0.15) is 29.9 Å². The second-order valence-electron chi connectivity index (χ2n) is 3.36. The molecule has 0 saturated heterocycles. The molecule has 2 unspecified atom stereocenters. The first kappa shape index (κ1) is 6.92. The highest BCUT2D eigenvalue weighted by Gasteiger charge is 2.30. The highest BCUT2D eigenvalue weighted by atomic mass is 16.3. The summed E-state index contributed by atoms with van der Waals surface area (Å²) >= 11 is 0. The molecule has 1 aromatic rings. The van der Waals surface area contributed by atoms with Gasteiger partial charge in [-0.2, -0.15) is 0 Å². The van der Waals surface area contributed by atoms with E-state index < -0.39 is 0 Å². The van der Waals surface area contributed by atoms with E-state index in [-0.39, 0.29) is 0 Å². The standard InChI is InChI=1S/C9H13NO/c1-6-4-11-5-8(6)7-2-3-9(7)10/h4-5,7,9H,2-3,10H2,1H3. The zero-order chi connectivity index (χ0) is 7.84. The number of aryl methyl sites for hydroxylation is 1. The molecule has 0 amide bonds. The van der Waals surface area contributed by atoms with Gasteiger partial charge >= 0.3 is 0 Å². The van der Waals surface area contributed by atoms with Crippen LogP contribution < -0.4 is 5.73 Å². The SMILES string of the molecule is Cc1cocc1C1CCC1N. The molecule has 2 heteroatoms. The molecule has 0 bridgehead atoms. The summed E-state index contributed by atoms with van der Waals surface area (Å²) in [6, 6.07) is 0.367. The van der Waals surface area contributed by atoms with E-state index in [2.05, 4.69) is 6.92 Å². The first-order valence-corrected chi connectivity index (χ1v) is 4.07. The van der Waals surface area contributed by atoms with Crippen LogP contribution in [0.15, 0.2) is 16.9 Å². The Balaban J connectivity index is 2.22. The summed E-state index contributed by atoms with van der Waals surface area (Å²) in [5, 5.41) is 0. The summed E-state index contributed by atoms with van der Waals surface area (Å²) in [5.41, 5.74) is 8.39. The van der Waals surface area contributed by atoms with Crippen LogP contribution in [0.2, 0.25) is 0 Å². The average Bonchev–Trinajstić information content (AvgIpc) is 2.34. The molecule has 60 valence electrons. The minimum absolute atomic E-state index is 0.367. The quantitative estimate of drug-likeness (QED) is 0.664. The topological polar surface area (TPSA) is 39.2 Å². The summed E-state index contributed by atoms with van der Waals surface area (Å²) in [4.78, 5) is 0. The number of rotatable bonds is 1. The fraction of sp³-hybridized carbons (Fsp3) is 0.556. The van der Waals surface area contributed by atoms with Crippen LogP contribution in [0.5, 0.6) is 0 Å². The summed E-state index contributed by atoms with van der Waals surface area (Å²) < 4.78 is 5.09. The molecule has 0 spiro atoms. The van der Waals surface area contributed by atoms with Gasteiger partial charge in [-0.3, -0.25) is 0 Å². The second kappa shape index (κ2) is 2.38. The number of furan rings is 1. The summed E-state index contributed by atoms with van der Waals surface area (Å²) in [6.45, 7) is 2.07. The summed E-state index contributed by atoms with van der Waals surface area (Å²) in [6.07, 6.45) is 6.01. The van der Waals surface area contributed by atoms with Gasteiger partial charge in [-0.05, 0) is 30.9 Å². The van der Waals surface area contributed by atoms with Crippen molar-refractivity contribution >= 4 is 0 Å². The van der Waals surface area contributed by atoms with Crippen molar-refractivity contribution in [1.82, 2.24) is 0 Å². The number of hydrogen-bond acceptors (Lipinski definition) is 2. The zero-order valence-corrected chi connectivity index (χ0v) is 6.71. The third-order valence-corrected chi connectivity index (χ3v) is 2.62. The fourth-order valence-corrected chi connectivity index (χ4v) is 1.66. The Morgan fingerprint density at radius 3 is 2.64 bits per heavy atom. The van der Waals surface area contributed by atoms with Gasteiger partial charge in [-0.25, -0.2) is 0 Å². The summed E-state index contributed by atoms with van der Waals surface area (Å²) in [7, 11) is 0. The Bertz CT molecular complexity index is 254. The van der Waals surface area contributed by atoms with E-state index in [1.165, 1.54) is 17.5 Å². The zero-order valence-electron chi connectivity index (χ0n) is 6.71. The predicted molar refractivity (Wildman–Crippen MR) is 43.4 cm³/mol. The molecule has 0 radical (unpaired) electrons. The van der Waals surface area contributed by atoms with E-state index >= 15 is 0 Å². The highest BCUT2D eigenvalue weighted by molar-refractivity contribution is 5.27. The Morgan fingerprint density at radius 2 is 2.27 bits per heavy atom. The van der Waals surface area contributed by atoms with E-state index in [4.69, 9.17) is 10.2 Å². The third kappa shape index (κ3) is 0.979. The van der Waals surface area contributed by atoms with Crippen molar-refractivity contribution in [3.05, 3.63) is 23.7 Å². The fourth-order valence-electron chi connectivity index (χ4n) is 1.66. The molecule has 2 rings (SSSR count). The van der Waals surface area contributed by atoms with Gasteiger partial charge in [0.25, 0.3) is 0 Å². The molecule has 0 aliphatic heterocycles. The molecule has 1 heterocycles. The van der Waals surface area contributed by atoms with Crippen LogP contribution in [-0.2, 0) is 0 Å². The van der Waals surface area contributed by atoms with E-state index in [1.54, 1.807) is 6.26 Å². The van der Waals surface area contributed by atoms with Crippen LogP contribution in [-0.4, -0.2) is 6.04 Å². The molecule has 11 heavy (non-hydrogen) atoms. The molecular weight excluding hydrogens is 138 g/mol. The minimum Gasteiger partial charge on any atom is -0.472 e. The molecule has 1 aliphatic carbocycles. The maximum atomic E-state index is 5.84. The van der Waals surface area contributed by atoms with Gasteiger partial charge < -0.3 is 10.2 Å². The van der Waals surface area contributed by atoms with Gasteiger partial charge in [0.05, 0.1) is 12.5 Å². The largest absolute Gasteiger partial charge is 0.472 e. The Labute approximate surface area is 66.4 Å². The van der Waals surface area contributed by atoms with Gasteiger partial charge in [0.1, 0.15) is 0 Å². The average molecular weight is 151 g/mol. The van der Waals surface area contributed by atoms with E-state index in [0.717, 1.165) is 6.42 Å². The second-order valence-corrected chi connectivity index (χ2v) is 3.36. The normalized spacial score (nSPS) is 30.0. The molecule has 2 nitrogen and oxygen atoms in total. The Kier molecular flexibility index (Phi) is 1.50. The van der Waals surface area contributed by atoms with Crippen molar-refractivity contribution in [1.29, 1.82) is 0 Å². The molecule has 1 aliphatic rings. The van der Waals surface area contributed by atoms with Crippen molar-refractivity contribution in [3.8, 4) is 0 Å². The third-order valence-electron chi connectivity index (χ3n) is 2.62. The Morgan fingerprint density at radius 1 is 1.45 bits per heavy atom. The van der Waals surface area contributed by atoms with E-state index in [1.807, 2.05) is 6.26 Å². The predicted octanol–water partition coefficient (Wildman–Crippen LogP) is 1.79. The number of nitrogens with two attached hydrogens (primary N) is 1. The number of hydrogen-bond donors (Lipinski definition) is 1. The van der Waals surface area contributed by atoms with Crippen LogP contribution in [0, 0.1) is 6.92 Å². The van der Waals surface area contributed by atoms with E-state index in [0.29, 0.717) is 12.0 Å². The maximum Gasteiger partial charge on any atom is 0.0940 e. The first-order chi connectivity index (χ1) is 5.29. The molecule has 2 atom stereocenters. The monoisotopic (exact) mass is 151 g/mol. The lowest BCUT2D eigenvalue weighted by molar-refractivity contribution is 0.343. The molecule has 1 fully saturated rings. The first-order valence-electron chi connectivity index (χ1n) is 4.07. The van der Waals surface area contributed by atoms with Crippen molar-refractivity contribution < 1.29 is 4.42 Å². The van der Waals surface area contributed by atoms with E-state index in [9.17, 15) is 0 Å². The lowest BCUT2D eigenvalue weighted by atomic mass is 9.75. The van der Waals surface area contributed by atoms with Gasteiger partial charge in [0.2, 0.25) is 0 Å². The van der Waals surface area contributed by atoms with Gasteiger partial charge in [-0.1, -0.05) is 0 Å². The minimum atomic E-state index is 0.367. The van der Waals surface area contributed by atoms with Gasteiger partial charge in [0.15, 0.2) is 0 Å². The summed E-state index contributed by atoms with van der Waals surface area (Å²) in [5.74, 6) is 0.564. The van der Waals surface area contributed by atoms with Crippen LogP contribution in [0.3, 0.4) is 0 Å². The molecule has 1 saturated carbocycles. The van der Waals surface area contributed by atoms with Crippen molar-refractivity contribution in [2.75, 3.05) is 0 Å². The van der Waals surface area contributed by atoms with Crippen LogP contribution in [0.25, 0.3) is 0 Å². The Hall–Kier alpha value is -0.760. The molecule has 0 aromatic carbocycles. The lowest BCUT2D eigenvalue weighted by Crippen LogP contribution is -2.37. The van der Waals surface area contributed by atoms with Crippen LogP contribution >= 0.6 is 0 Å². The molecule has 1 aromatic heterocycles. The highest BCUT2D eigenvalue weighted by Crippen LogP contribution is 2.37.